The highest BCUT2D eigenvalue weighted by Crippen LogP contribution is 2.25. The summed E-state index contributed by atoms with van der Waals surface area (Å²) >= 11 is 1.47. The van der Waals surface area contributed by atoms with Crippen LogP contribution in [0.1, 0.15) is 24.1 Å². The summed E-state index contributed by atoms with van der Waals surface area (Å²) in [5, 5.41) is 14.9. The van der Waals surface area contributed by atoms with Crippen LogP contribution in [0, 0.1) is 6.92 Å². The van der Waals surface area contributed by atoms with Crippen LogP contribution in [0.5, 0.6) is 0 Å². The van der Waals surface area contributed by atoms with E-state index >= 15 is 0 Å². The SMILES string of the molecule is Cc1ccc(-c2nc(CC(=O)NC3(C(=O)O)CCOCC3)cs2)cc1. The Morgan fingerprint density at radius 2 is 1.96 bits per heavy atom. The van der Waals surface area contributed by atoms with E-state index in [2.05, 4.69) is 10.3 Å². The van der Waals surface area contributed by atoms with Crippen LogP contribution in [-0.2, 0) is 20.7 Å². The molecule has 1 aliphatic heterocycles. The van der Waals surface area contributed by atoms with Gasteiger partial charge in [-0.25, -0.2) is 9.78 Å². The zero-order valence-corrected chi connectivity index (χ0v) is 14.8. The van der Waals surface area contributed by atoms with E-state index in [1.807, 2.05) is 36.6 Å². The Bertz CT molecular complexity index is 764. The van der Waals surface area contributed by atoms with Gasteiger partial charge in [0.15, 0.2) is 0 Å². The second kappa shape index (κ2) is 7.33. The second-order valence-electron chi connectivity index (χ2n) is 6.23. The van der Waals surface area contributed by atoms with Crippen molar-refractivity contribution in [2.75, 3.05) is 13.2 Å². The molecule has 0 spiro atoms. The molecule has 3 rings (SSSR count). The first-order chi connectivity index (χ1) is 12.0. The maximum atomic E-state index is 12.3. The van der Waals surface area contributed by atoms with Crippen LogP contribution < -0.4 is 5.32 Å². The number of benzene rings is 1. The fourth-order valence-electron chi connectivity index (χ4n) is 2.80. The number of carbonyl (C=O) groups excluding carboxylic acids is 1. The van der Waals surface area contributed by atoms with Gasteiger partial charge in [-0.05, 0) is 6.92 Å². The molecular weight excluding hydrogens is 340 g/mol. The van der Waals surface area contributed by atoms with E-state index in [0.29, 0.717) is 18.9 Å². The molecule has 7 heteroatoms. The summed E-state index contributed by atoms with van der Waals surface area (Å²) in [7, 11) is 0. The molecule has 132 valence electrons. The number of carboxylic acids is 1. The van der Waals surface area contributed by atoms with E-state index in [4.69, 9.17) is 4.74 Å². The van der Waals surface area contributed by atoms with Gasteiger partial charge in [0.1, 0.15) is 10.5 Å². The number of hydrogen-bond acceptors (Lipinski definition) is 5. The van der Waals surface area contributed by atoms with Crippen molar-refractivity contribution in [3.8, 4) is 10.6 Å². The number of aromatic nitrogens is 1. The Hall–Kier alpha value is -2.25. The summed E-state index contributed by atoms with van der Waals surface area (Å²) in [5.41, 5.74) is 1.60. The molecule has 0 atom stereocenters. The number of thiazole rings is 1. The number of ether oxygens (including phenoxy) is 1. The highest BCUT2D eigenvalue weighted by Gasteiger charge is 2.41. The van der Waals surface area contributed by atoms with Gasteiger partial charge in [0.25, 0.3) is 0 Å². The molecule has 1 fully saturated rings. The fourth-order valence-corrected chi connectivity index (χ4v) is 3.63. The van der Waals surface area contributed by atoms with Crippen LogP contribution in [0.25, 0.3) is 10.6 Å². The molecular formula is C18H20N2O4S. The molecule has 2 aromatic rings. The summed E-state index contributed by atoms with van der Waals surface area (Å²) < 4.78 is 5.21. The molecule has 0 unspecified atom stereocenters. The standard InChI is InChI=1S/C18H20N2O4S/c1-12-2-4-13(5-3-12)16-19-14(11-25-16)10-15(21)20-18(17(22)23)6-8-24-9-7-18/h2-5,11H,6-10H2,1H3,(H,20,21)(H,22,23). The Morgan fingerprint density at radius 1 is 1.28 bits per heavy atom. The van der Waals surface area contributed by atoms with E-state index in [0.717, 1.165) is 10.6 Å². The normalized spacial score (nSPS) is 16.4. The zero-order chi connectivity index (χ0) is 17.9. The van der Waals surface area contributed by atoms with E-state index in [-0.39, 0.29) is 25.2 Å². The quantitative estimate of drug-likeness (QED) is 0.855. The largest absolute Gasteiger partial charge is 0.480 e. The van der Waals surface area contributed by atoms with Crippen molar-refractivity contribution >= 4 is 23.2 Å². The van der Waals surface area contributed by atoms with Crippen LogP contribution in [0.3, 0.4) is 0 Å². The van der Waals surface area contributed by atoms with Gasteiger partial charge in [0.05, 0.1) is 12.1 Å². The van der Waals surface area contributed by atoms with Crippen LogP contribution in [0.15, 0.2) is 29.6 Å². The number of rotatable bonds is 5. The number of carboxylic acid groups (broad SMARTS) is 1. The lowest BCUT2D eigenvalue weighted by molar-refractivity contribution is -0.152. The minimum absolute atomic E-state index is 0.0677. The summed E-state index contributed by atoms with van der Waals surface area (Å²) in [5.74, 6) is -1.34. The van der Waals surface area contributed by atoms with Gasteiger partial charge in [0.2, 0.25) is 5.91 Å². The number of hydrogen-bond donors (Lipinski definition) is 2. The molecule has 6 nitrogen and oxygen atoms in total. The summed E-state index contributed by atoms with van der Waals surface area (Å²) in [6.07, 6.45) is 0.623. The van der Waals surface area contributed by atoms with Gasteiger partial charge < -0.3 is 15.2 Å². The average Bonchev–Trinajstić information content (AvgIpc) is 3.04. The molecule has 1 saturated heterocycles. The number of nitrogens with one attached hydrogen (secondary N) is 1. The van der Waals surface area contributed by atoms with Crippen molar-refractivity contribution in [1.29, 1.82) is 0 Å². The first-order valence-electron chi connectivity index (χ1n) is 8.12. The molecule has 1 aromatic carbocycles. The van der Waals surface area contributed by atoms with Crippen molar-refractivity contribution in [3.05, 3.63) is 40.9 Å². The molecule has 1 amide bonds. The third-order valence-corrected chi connectivity index (χ3v) is 5.27. The van der Waals surface area contributed by atoms with Crippen molar-refractivity contribution < 1.29 is 19.4 Å². The Kier molecular flexibility index (Phi) is 5.15. The van der Waals surface area contributed by atoms with Gasteiger partial charge in [-0.3, -0.25) is 4.79 Å². The van der Waals surface area contributed by atoms with E-state index in [9.17, 15) is 14.7 Å². The molecule has 0 saturated carbocycles. The lowest BCUT2D eigenvalue weighted by Crippen LogP contribution is -2.57. The van der Waals surface area contributed by atoms with Crippen LogP contribution >= 0.6 is 11.3 Å². The summed E-state index contributed by atoms with van der Waals surface area (Å²) in [4.78, 5) is 28.4. The van der Waals surface area contributed by atoms with E-state index in [1.54, 1.807) is 0 Å². The number of nitrogens with zero attached hydrogens (tertiary/aromatic N) is 1. The van der Waals surface area contributed by atoms with Gasteiger partial charge in [-0.2, -0.15) is 0 Å². The van der Waals surface area contributed by atoms with Gasteiger partial charge >= 0.3 is 5.97 Å². The lowest BCUT2D eigenvalue weighted by Gasteiger charge is -2.33. The molecule has 1 aromatic heterocycles. The fraction of sp³-hybridized carbons (Fsp3) is 0.389. The Morgan fingerprint density at radius 3 is 2.60 bits per heavy atom. The lowest BCUT2D eigenvalue weighted by atomic mass is 9.90. The summed E-state index contributed by atoms with van der Waals surface area (Å²) in [6, 6.07) is 8.04. The Labute approximate surface area is 149 Å². The predicted molar refractivity (Wildman–Crippen MR) is 94.6 cm³/mol. The van der Waals surface area contributed by atoms with Gasteiger partial charge in [-0.15, -0.1) is 11.3 Å². The number of aryl methyl sites for hydroxylation is 1. The molecule has 0 bridgehead atoms. The maximum Gasteiger partial charge on any atom is 0.329 e. The molecule has 1 aliphatic rings. The minimum Gasteiger partial charge on any atom is -0.480 e. The van der Waals surface area contributed by atoms with Gasteiger partial charge in [0, 0.05) is 37.0 Å². The third-order valence-electron chi connectivity index (χ3n) is 4.33. The van der Waals surface area contributed by atoms with E-state index in [1.165, 1.54) is 16.9 Å². The van der Waals surface area contributed by atoms with Crippen LogP contribution in [0.4, 0.5) is 0 Å². The van der Waals surface area contributed by atoms with E-state index < -0.39 is 11.5 Å². The van der Waals surface area contributed by atoms with Crippen molar-refractivity contribution in [2.24, 2.45) is 0 Å². The highest BCUT2D eigenvalue weighted by atomic mass is 32.1. The van der Waals surface area contributed by atoms with Crippen molar-refractivity contribution in [1.82, 2.24) is 10.3 Å². The van der Waals surface area contributed by atoms with Crippen molar-refractivity contribution in [2.45, 2.75) is 31.7 Å². The molecule has 0 aliphatic carbocycles. The number of carbonyl (C=O) groups is 2. The number of aliphatic carboxylic acids is 1. The molecule has 0 radical (unpaired) electrons. The first-order valence-corrected chi connectivity index (χ1v) is 9.00. The van der Waals surface area contributed by atoms with Crippen molar-refractivity contribution in [3.63, 3.8) is 0 Å². The molecule has 25 heavy (non-hydrogen) atoms. The smallest absolute Gasteiger partial charge is 0.329 e. The summed E-state index contributed by atoms with van der Waals surface area (Å²) in [6.45, 7) is 2.69. The Balaban J connectivity index is 1.67. The monoisotopic (exact) mass is 360 g/mol. The minimum atomic E-state index is -1.23. The van der Waals surface area contributed by atoms with Crippen LogP contribution in [-0.4, -0.2) is 40.7 Å². The molecule has 2 heterocycles. The third kappa shape index (κ3) is 4.05. The zero-order valence-electron chi connectivity index (χ0n) is 13.9. The second-order valence-corrected chi connectivity index (χ2v) is 7.09. The highest BCUT2D eigenvalue weighted by molar-refractivity contribution is 7.13. The first kappa shape index (κ1) is 17.6. The topological polar surface area (TPSA) is 88.5 Å². The van der Waals surface area contributed by atoms with Gasteiger partial charge in [-0.1, -0.05) is 29.8 Å². The number of amides is 1. The average molecular weight is 360 g/mol. The van der Waals surface area contributed by atoms with Crippen LogP contribution in [0.2, 0.25) is 0 Å². The molecule has 2 N–H and O–H groups in total. The predicted octanol–water partition coefficient (Wildman–Crippen LogP) is 2.41. The maximum absolute atomic E-state index is 12.3.